The molecule has 0 fully saturated rings. The molecule has 0 aromatic heterocycles. The molecule has 12 nitrogen and oxygen atoms in total. The van der Waals surface area contributed by atoms with Gasteiger partial charge in [0.05, 0.1) is 39.6 Å². The van der Waals surface area contributed by atoms with Crippen molar-refractivity contribution in [2.45, 2.75) is 305 Å². The Kier molecular flexibility index (Phi) is 51.5. The van der Waals surface area contributed by atoms with Crippen LogP contribution in [-0.2, 0) is 28.6 Å². The normalized spacial score (nSPS) is 13.2. The van der Waals surface area contributed by atoms with Crippen molar-refractivity contribution in [3.8, 4) is 0 Å². The summed E-state index contributed by atoms with van der Waals surface area (Å²) in [5.41, 5.74) is -0.273. The molecule has 0 bridgehead atoms. The van der Waals surface area contributed by atoms with E-state index in [0.29, 0.717) is 98.7 Å². The van der Waals surface area contributed by atoms with Crippen molar-refractivity contribution in [1.82, 2.24) is 28.0 Å². The summed E-state index contributed by atoms with van der Waals surface area (Å²) >= 11 is 10.3. The Bertz CT molecular complexity index is 1560. The monoisotopic (exact) mass is 1340 g/mol. The number of hydrogen-bond donors (Lipinski definition) is 0. The molecule has 0 atom stereocenters. The molecule has 498 valence electrons. The average molecular weight is 1340 g/mol. The summed E-state index contributed by atoms with van der Waals surface area (Å²) in [4.78, 5) is 35.3. The summed E-state index contributed by atoms with van der Waals surface area (Å²) in [5, 5.41) is 0.731. The minimum Gasteiger partial charge on any atom is -0.380 e. The first kappa shape index (κ1) is 89.2. The first-order valence-electron chi connectivity index (χ1n) is 31.4. The third kappa shape index (κ3) is 39.3. The molecule has 0 aromatic rings. The summed E-state index contributed by atoms with van der Waals surface area (Å²) < 4.78 is 33.4. The van der Waals surface area contributed by atoms with E-state index in [2.05, 4.69) is 208 Å². The van der Waals surface area contributed by atoms with Crippen LogP contribution >= 0.6 is 91.7 Å². The van der Waals surface area contributed by atoms with Gasteiger partial charge in [-0.25, -0.2) is 0 Å². The summed E-state index contributed by atoms with van der Waals surface area (Å²) in [6, 6.07) is 6.16. The Balaban J connectivity index is -0.00000116. The third-order valence-electron chi connectivity index (χ3n) is 12.0. The van der Waals surface area contributed by atoms with E-state index >= 15 is 0 Å². The summed E-state index contributed by atoms with van der Waals surface area (Å²) in [6.45, 7) is 75.2. The fraction of sp³-hybridized carbons (Fsp3) is 0.952. The number of nitrogens with zero attached hydrogens (tertiary/aromatic N) is 6. The van der Waals surface area contributed by atoms with Crippen LogP contribution in [0.4, 0.5) is 0 Å². The van der Waals surface area contributed by atoms with Crippen LogP contribution in [-0.4, -0.2) is 189 Å². The first-order chi connectivity index (χ1) is 38.1. The zero-order valence-corrected chi connectivity index (χ0v) is 67.0. The molecule has 0 heterocycles. The fourth-order valence-electron chi connectivity index (χ4n) is 8.91. The lowest BCUT2D eigenvalue weighted by molar-refractivity contribution is -0.117. The van der Waals surface area contributed by atoms with Crippen molar-refractivity contribution in [3.05, 3.63) is 0 Å². The molecule has 0 spiro atoms. The van der Waals surface area contributed by atoms with Crippen molar-refractivity contribution >= 4 is 107 Å². The molecule has 0 N–H and O–H groups in total. The Morgan fingerprint density at radius 3 is 0.843 bits per heavy atom. The predicted octanol–water partition coefficient (Wildman–Crippen LogP) is 19.3. The van der Waals surface area contributed by atoms with Gasteiger partial charge in [-0.15, -0.1) is 0 Å². The molecule has 0 saturated heterocycles. The molecule has 21 heteroatoms. The lowest BCUT2D eigenvalue weighted by Crippen LogP contribution is -2.41. The maximum absolute atomic E-state index is 12.0. The highest BCUT2D eigenvalue weighted by atomic mass is 32.7. The van der Waals surface area contributed by atoms with E-state index in [1.807, 2.05) is 75.7 Å². The van der Waals surface area contributed by atoms with Gasteiger partial charge in [-0.05, 0) is 180 Å². The molecule has 0 aliphatic rings. The summed E-state index contributed by atoms with van der Waals surface area (Å²) in [5.74, 6) is 4.51. The van der Waals surface area contributed by atoms with Crippen molar-refractivity contribution in [3.63, 3.8) is 0 Å². The van der Waals surface area contributed by atoms with Gasteiger partial charge in [0.2, 0.25) is 0 Å². The van der Waals surface area contributed by atoms with Gasteiger partial charge in [-0.3, -0.25) is 42.4 Å². The van der Waals surface area contributed by atoms with Gasteiger partial charge < -0.3 is 14.2 Å². The zero-order chi connectivity index (χ0) is 65.3. The van der Waals surface area contributed by atoms with Gasteiger partial charge >= 0.3 is 0 Å². The zero-order valence-electron chi connectivity index (χ0n) is 59.4. The van der Waals surface area contributed by atoms with Crippen molar-refractivity contribution in [1.29, 1.82) is 0 Å². The van der Waals surface area contributed by atoms with E-state index in [1.165, 1.54) is 35.3 Å². The quantitative estimate of drug-likeness (QED) is 0.0428. The van der Waals surface area contributed by atoms with E-state index in [-0.39, 0.29) is 31.4 Å². The largest absolute Gasteiger partial charge is 0.380 e. The fourth-order valence-corrected chi connectivity index (χ4v) is 29.9. The van der Waals surface area contributed by atoms with E-state index in [4.69, 9.17) is 14.2 Å². The highest BCUT2D eigenvalue weighted by Gasteiger charge is 2.36. The van der Waals surface area contributed by atoms with Crippen LogP contribution in [0.1, 0.15) is 228 Å². The molecule has 0 saturated carbocycles. The Morgan fingerprint density at radius 2 is 0.614 bits per heavy atom. The van der Waals surface area contributed by atoms with Crippen LogP contribution in [0, 0.1) is 11.3 Å². The number of carbonyl (C=O) groups is 3. The van der Waals surface area contributed by atoms with Gasteiger partial charge in [0.15, 0.2) is 15.3 Å². The van der Waals surface area contributed by atoms with E-state index in [1.54, 1.807) is 0 Å². The van der Waals surface area contributed by atoms with Crippen molar-refractivity contribution in [2.75, 3.05) is 68.4 Å². The Hall–Kier alpha value is 2.04. The molecule has 0 rings (SSSR count). The lowest BCUT2D eigenvalue weighted by Gasteiger charge is -2.46. The van der Waals surface area contributed by atoms with Crippen LogP contribution in [0.3, 0.4) is 0 Å². The highest BCUT2D eigenvalue weighted by Crippen LogP contribution is 2.62. The molecule has 0 aromatic carbocycles. The smallest absolute Gasteiger partial charge is 0.194 e. The summed E-state index contributed by atoms with van der Waals surface area (Å²) in [6.07, 6.45) is 0.602. The minimum atomic E-state index is -0.469. The third-order valence-corrected chi connectivity index (χ3v) is 32.3. The van der Waals surface area contributed by atoms with Gasteiger partial charge in [0, 0.05) is 124 Å². The van der Waals surface area contributed by atoms with Crippen LogP contribution in [0.5, 0.6) is 0 Å². The number of rotatable bonds is 41. The second kappa shape index (κ2) is 47.9. The lowest BCUT2D eigenvalue weighted by atomic mass is 10.00. The van der Waals surface area contributed by atoms with Crippen LogP contribution in [0.15, 0.2) is 0 Å². The molecule has 0 amide bonds. The van der Waals surface area contributed by atoms with E-state index < -0.39 is 22.3 Å². The van der Waals surface area contributed by atoms with Crippen LogP contribution < -0.4 is 0 Å². The maximum atomic E-state index is 12.0. The molecule has 0 unspecified atom stereocenters. The van der Waals surface area contributed by atoms with Crippen LogP contribution in [0.25, 0.3) is 0 Å². The van der Waals surface area contributed by atoms with Crippen molar-refractivity contribution < 1.29 is 28.6 Å². The van der Waals surface area contributed by atoms with Gasteiger partial charge in [-0.1, -0.05) is 111 Å². The molecular formula is C62H133N6O6P3S6. The number of hydrogen-bond acceptors (Lipinski definition) is 18. The second-order valence-corrected chi connectivity index (χ2v) is 41.7. The average Bonchev–Trinajstić information content (AvgIpc) is 3.31. The SMILES string of the molecule is CC(C)C(=O)SC(C)(C)COCCSP(N(C(C)C)C(C)C)N(C(C)C)C(C)C.CC(C)N(C(C)C)P(SCCOCCSC(=O)C(C)(C)C)N(C(C)C)C(C)C.CCC(=O)SCCOCCSP(N(C(C)C)C(C)C)N(C(C)C)C(C)C. The minimum absolute atomic E-state index is 0.0643. The number of carbonyl (C=O) groups excluding carboxylic acids is 3. The van der Waals surface area contributed by atoms with E-state index in [0.717, 1.165) is 48.6 Å². The predicted molar refractivity (Wildman–Crippen MR) is 389 cm³/mol. The highest BCUT2D eigenvalue weighted by molar-refractivity contribution is 8.55. The molecule has 0 aliphatic carbocycles. The Labute approximate surface area is 544 Å². The number of ether oxygens (including phenoxy) is 3. The van der Waals surface area contributed by atoms with Gasteiger partial charge in [-0.2, -0.15) is 0 Å². The van der Waals surface area contributed by atoms with E-state index in [9.17, 15) is 14.4 Å². The Morgan fingerprint density at radius 1 is 0.373 bits per heavy atom. The molecule has 0 aliphatic heterocycles. The second-order valence-electron chi connectivity index (χ2n) is 26.2. The molecule has 0 radical (unpaired) electrons. The van der Waals surface area contributed by atoms with Gasteiger partial charge in [0.25, 0.3) is 0 Å². The first-order valence-corrected chi connectivity index (χ1v) is 42.7. The van der Waals surface area contributed by atoms with Crippen LogP contribution in [0.2, 0.25) is 0 Å². The molecule has 83 heavy (non-hydrogen) atoms. The summed E-state index contributed by atoms with van der Waals surface area (Å²) in [7, 11) is -1.36. The maximum Gasteiger partial charge on any atom is 0.194 e. The standard InChI is InChI=1S/C22H47N2O2PS2.C21H45N2O2PS2.C19H41N2O2PS2/c1-16(2)21(25)29-22(11,12)15-26-13-14-28-27(23(17(3)4)18(5)6)24(19(7)8)20(9)10;1-16(2)22(17(3)4)26(23(18(5)6)19(7)8)28-15-13-25-12-14-27-20(24)21(9,10)11;1-10-19(22)25-13-11-23-12-14-26-24(20(15(2)3)16(4)5)21(17(6)7)18(8)9/h16-20H,13-15H2,1-12H3;16-19H,12-15H2,1-11H3;15-18H,10-14H2,1-9H3. The molecular weight excluding hydrogens is 1210 g/mol. The van der Waals surface area contributed by atoms with Crippen molar-refractivity contribution in [2.24, 2.45) is 11.3 Å². The van der Waals surface area contributed by atoms with Gasteiger partial charge in [0.1, 0.15) is 22.3 Å². The number of thioether (sulfide) groups is 3. The topological polar surface area (TPSA) is 98.3 Å².